The first kappa shape index (κ1) is 13.0. The monoisotopic (exact) mass is 240 g/mol. The van der Waals surface area contributed by atoms with Crippen LogP contribution < -0.4 is 5.73 Å². The number of aromatic nitrogens is 1. The summed E-state index contributed by atoms with van der Waals surface area (Å²) in [4.78, 5) is 15.7. The van der Waals surface area contributed by atoms with E-state index in [1.165, 1.54) is 6.42 Å². The lowest BCUT2D eigenvalue weighted by Gasteiger charge is -2.34. The largest absolute Gasteiger partial charge is 0.369 e. The molecule has 2 rings (SSSR count). The van der Waals surface area contributed by atoms with Crippen LogP contribution in [0, 0.1) is 0 Å². The van der Waals surface area contributed by atoms with Crippen LogP contribution in [0.15, 0.2) is 24.5 Å². The maximum absolute atomic E-state index is 11.7. The Morgan fingerprint density at radius 1 is 1.19 bits per heavy atom. The van der Waals surface area contributed by atoms with Crippen molar-refractivity contribution in [1.82, 2.24) is 4.98 Å². The average Bonchev–Trinajstić information content (AvgIpc) is 2.31. The van der Waals surface area contributed by atoms with Gasteiger partial charge in [-0.15, -0.1) is 12.4 Å². The molecule has 3 nitrogen and oxygen atoms in total. The molecule has 0 spiro atoms. The van der Waals surface area contributed by atoms with Crippen molar-refractivity contribution in [2.45, 2.75) is 37.5 Å². The van der Waals surface area contributed by atoms with Gasteiger partial charge in [0.15, 0.2) is 0 Å². The Kier molecular flexibility index (Phi) is 4.30. The summed E-state index contributed by atoms with van der Waals surface area (Å²) in [5, 5.41) is 0. The van der Waals surface area contributed by atoms with Gasteiger partial charge in [0.25, 0.3) is 0 Å². The smallest absolute Gasteiger partial charge is 0.228 e. The van der Waals surface area contributed by atoms with Gasteiger partial charge in [-0.2, -0.15) is 0 Å². The van der Waals surface area contributed by atoms with Crippen molar-refractivity contribution in [2.75, 3.05) is 0 Å². The van der Waals surface area contributed by atoms with Gasteiger partial charge in [0.1, 0.15) is 0 Å². The van der Waals surface area contributed by atoms with Gasteiger partial charge < -0.3 is 5.73 Å². The lowest BCUT2D eigenvalue weighted by atomic mass is 9.69. The van der Waals surface area contributed by atoms with Crippen molar-refractivity contribution < 1.29 is 4.79 Å². The second-order valence-electron chi connectivity index (χ2n) is 4.24. The number of carbonyl (C=O) groups excluding carboxylic acids is 1. The molecular formula is C12H17ClN2O. The average molecular weight is 241 g/mol. The first-order chi connectivity index (χ1) is 7.26. The van der Waals surface area contributed by atoms with E-state index in [0.717, 1.165) is 31.2 Å². The summed E-state index contributed by atoms with van der Waals surface area (Å²) in [6, 6.07) is 3.83. The molecule has 0 unspecified atom stereocenters. The van der Waals surface area contributed by atoms with Crippen molar-refractivity contribution >= 4 is 18.3 Å². The Bertz CT molecular complexity index is 347. The van der Waals surface area contributed by atoms with Gasteiger partial charge in [0.2, 0.25) is 5.91 Å². The number of hydrogen-bond donors (Lipinski definition) is 1. The summed E-state index contributed by atoms with van der Waals surface area (Å²) in [7, 11) is 0. The molecule has 0 saturated heterocycles. The fraction of sp³-hybridized carbons (Fsp3) is 0.500. The first-order valence-electron chi connectivity index (χ1n) is 5.46. The van der Waals surface area contributed by atoms with Gasteiger partial charge in [0, 0.05) is 12.4 Å². The first-order valence-corrected chi connectivity index (χ1v) is 5.46. The summed E-state index contributed by atoms with van der Waals surface area (Å²) in [6.07, 6.45) is 8.61. The van der Waals surface area contributed by atoms with E-state index in [-0.39, 0.29) is 18.3 Å². The number of rotatable bonds is 2. The summed E-state index contributed by atoms with van der Waals surface area (Å²) in [5.41, 5.74) is 6.18. The molecule has 1 aliphatic rings. The molecule has 0 aliphatic heterocycles. The summed E-state index contributed by atoms with van der Waals surface area (Å²) < 4.78 is 0. The molecule has 16 heavy (non-hydrogen) atoms. The zero-order valence-corrected chi connectivity index (χ0v) is 10.0. The minimum atomic E-state index is -0.429. The summed E-state index contributed by atoms with van der Waals surface area (Å²) in [6.45, 7) is 0. The van der Waals surface area contributed by atoms with Crippen LogP contribution >= 0.6 is 12.4 Å². The lowest BCUT2D eigenvalue weighted by molar-refractivity contribution is -0.124. The van der Waals surface area contributed by atoms with Crippen molar-refractivity contribution in [1.29, 1.82) is 0 Å². The van der Waals surface area contributed by atoms with Crippen LogP contribution in [0.1, 0.15) is 37.7 Å². The Morgan fingerprint density at radius 3 is 2.25 bits per heavy atom. The number of hydrogen-bond acceptors (Lipinski definition) is 2. The van der Waals surface area contributed by atoms with Crippen LogP contribution in [0.2, 0.25) is 0 Å². The second-order valence-corrected chi connectivity index (χ2v) is 4.24. The van der Waals surface area contributed by atoms with E-state index in [4.69, 9.17) is 5.73 Å². The number of nitrogens with zero attached hydrogens (tertiary/aromatic N) is 1. The molecule has 0 bridgehead atoms. The Balaban J connectivity index is 0.00000128. The third kappa shape index (κ3) is 2.19. The summed E-state index contributed by atoms with van der Waals surface area (Å²) in [5.74, 6) is -0.187. The molecule has 88 valence electrons. The molecule has 1 saturated carbocycles. The molecule has 2 N–H and O–H groups in total. The zero-order valence-electron chi connectivity index (χ0n) is 9.19. The van der Waals surface area contributed by atoms with Gasteiger partial charge in [-0.25, -0.2) is 0 Å². The highest BCUT2D eigenvalue weighted by atomic mass is 35.5. The highest BCUT2D eigenvalue weighted by Crippen LogP contribution is 2.38. The minimum absolute atomic E-state index is 0. The minimum Gasteiger partial charge on any atom is -0.369 e. The van der Waals surface area contributed by atoms with Crippen LogP contribution in [0.3, 0.4) is 0 Å². The van der Waals surface area contributed by atoms with Crippen molar-refractivity contribution in [2.24, 2.45) is 5.73 Å². The van der Waals surface area contributed by atoms with Gasteiger partial charge in [-0.3, -0.25) is 9.78 Å². The van der Waals surface area contributed by atoms with Gasteiger partial charge >= 0.3 is 0 Å². The van der Waals surface area contributed by atoms with E-state index in [0.29, 0.717) is 0 Å². The third-order valence-corrected chi connectivity index (χ3v) is 3.41. The number of nitrogens with two attached hydrogens (primary N) is 1. The molecule has 1 amide bonds. The highest BCUT2D eigenvalue weighted by Gasteiger charge is 2.39. The number of pyridine rings is 1. The van der Waals surface area contributed by atoms with E-state index < -0.39 is 5.41 Å². The fourth-order valence-corrected chi connectivity index (χ4v) is 2.50. The van der Waals surface area contributed by atoms with E-state index in [9.17, 15) is 4.79 Å². The maximum Gasteiger partial charge on any atom is 0.228 e. The van der Waals surface area contributed by atoms with Gasteiger partial charge in [-0.05, 0) is 30.5 Å². The van der Waals surface area contributed by atoms with Gasteiger partial charge in [-0.1, -0.05) is 19.3 Å². The number of carbonyl (C=O) groups is 1. The van der Waals surface area contributed by atoms with Crippen LogP contribution in [0.5, 0.6) is 0 Å². The Hall–Kier alpha value is -1.09. The quantitative estimate of drug-likeness (QED) is 0.862. The highest BCUT2D eigenvalue weighted by molar-refractivity contribution is 5.86. The topological polar surface area (TPSA) is 56.0 Å². The molecule has 0 aromatic carbocycles. The maximum atomic E-state index is 11.7. The molecular weight excluding hydrogens is 224 g/mol. The molecule has 4 heteroatoms. The van der Waals surface area contributed by atoms with Crippen molar-refractivity contribution in [3.05, 3.63) is 30.1 Å². The molecule has 1 aromatic heterocycles. The molecule has 1 heterocycles. The Labute approximate surface area is 102 Å². The normalized spacial score (nSPS) is 18.5. The fourth-order valence-electron chi connectivity index (χ4n) is 2.50. The molecule has 1 fully saturated rings. The number of primary amides is 1. The predicted octanol–water partition coefficient (Wildman–Crippen LogP) is 2.19. The molecule has 0 radical (unpaired) electrons. The standard InChI is InChI=1S/C12H16N2O.ClH/c13-11(15)12(6-2-1-3-7-12)10-4-8-14-9-5-10;/h4-5,8-9H,1-3,6-7H2,(H2,13,15);1H. The zero-order chi connectivity index (χ0) is 10.7. The molecule has 1 aromatic rings. The van der Waals surface area contributed by atoms with Crippen molar-refractivity contribution in [3.63, 3.8) is 0 Å². The van der Waals surface area contributed by atoms with Crippen LogP contribution in [0.25, 0.3) is 0 Å². The number of amides is 1. The van der Waals surface area contributed by atoms with E-state index in [1.807, 2.05) is 12.1 Å². The summed E-state index contributed by atoms with van der Waals surface area (Å²) >= 11 is 0. The van der Waals surface area contributed by atoms with E-state index >= 15 is 0 Å². The van der Waals surface area contributed by atoms with E-state index in [1.54, 1.807) is 12.4 Å². The second kappa shape index (κ2) is 5.30. The Morgan fingerprint density at radius 2 is 1.75 bits per heavy atom. The van der Waals surface area contributed by atoms with Crippen molar-refractivity contribution in [3.8, 4) is 0 Å². The van der Waals surface area contributed by atoms with Crippen LogP contribution in [0.4, 0.5) is 0 Å². The third-order valence-electron chi connectivity index (χ3n) is 3.41. The lowest BCUT2D eigenvalue weighted by Crippen LogP contribution is -2.42. The predicted molar refractivity (Wildman–Crippen MR) is 65.4 cm³/mol. The number of halogens is 1. The SMILES string of the molecule is Cl.NC(=O)C1(c2ccncc2)CCCCC1. The molecule has 0 atom stereocenters. The van der Waals surface area contributed by atoms with E-state index in [2.05, 4.69) is 4.98 Å². The molecule has 1 aliphatic carbocycles. The van der Waals surface area contributed by atoms with Gasteiger partial charge in [0.05, 0.1) is 5.41 Å². The van der Waals surface area contributed by atoms with Crippen LogP contribution in [-0.2, 0) is 10.2 Å². The van der Waals surface area contributed by atoms with Crippen LogP contribution in [-0.4, -0.2) is 10.9 Å².